The fourth-order valence-corrected chi connectivity index (χ4v) is 5.09. The van der Waals surface area contributed by atoms with E-state index in [0.717, 1.165) is 16.8 Å². The summed E-state index contributed by atoms with van der Waals surface area (Å²) >= 11 is 1.20. The first-order valence-corrected chi connectivity index (χ1v) is 12.9. The van der Waals surface area contributed by atoms with Crippen LogP contribution in [0.15, 0.2) is 87.1 Å². The summed E-state index contributed by atoms with van der Waals surface area (Å²) in [4.78, 5) is 26.3. The standard InChI is InChI=1S/C29H28N4O4S/c1-17-11-12-18(2)22(14-17)32-25(34)16-38-29-20(15-30)27(24-10-7-13-37-24)26(19(3)31-29)28(35)33-21-8-5-6-9-23(21)36-4/h5-14,27,31H,16H2,1-4H3,(H,32,34)(H,33,35)/t27-/m0/s1. The Morgan fingerprint density at radius 1 is 1.08 bits per heavy atom. The maximum Gasteiger partial charge on any atom is 0.254 e. The zero-order chi connectivity index (χ0) is 27.2. The molecule has 194 valence electrons. The number of hydrogen-bond acceptors (Lipinski definition) is 7. The molecule has 4 rings (SSSR count). The van der Waals surface area contributed by atoms with Crippen LogP contribution in [0.1, 0.15) is 29.7 Å². The lowest BCUT2D eigenvalue weighted by Crippen LogP contribution is -2.31. The number of furan rings is 1. The van der Waals surface area contributed by atoms with Crippen molar-refractivity contribution in [2.45, 2.75) is 26.7 Å². The van der Waals surface area contributed by atoms with Gasteiger partial charge in [0.2, 0.25) is 5.91 Å². The first-order chi connectivity index (χ1) is 18.3. The number of methoxy groups -OCH3 is 1. The zero-order valence-corrected chi connectivity index (χ0v) is 22.4. The fraction of sp³-hybridized carbons (Fsp3) is 0.207. The molecule has 9 heteroatoms. The van der Waals surface area contributed by atoms with Crippen LogP contribution in [-0.2, 0) is 9.59 Å². The number of benzene rings is 2. The first-order valence-electron chi connectivity index (χ1n) is 11.9. The molecule has 0 radical (unpaired) electrons. The molecule has 8 nitrogen and oxygen atoms in total. The van der Waals surface area contributed by atoms with Crippen molar-refractivity contribution in [3.05, 3.63) is 99.6 Å². The summed E-state index contributed by atoms with van der Waals surface area (Å²) in [5.41, 5.74) is 4.44. The summed E-state index contributed by atoms with van der Waals surface area (Å²) in [6.45, 7) is 5.66. The van der Waals surface area contributed by atoms with Crippen molar-refractivity contribution in [1.82, 2.24) is 5.32 Å². The van der Waals surface area contributed by atoms with Crippen molar-refractivity contribution in [3.63, 3.8) is 0 Å². The molecule has 2 heterocycles. The SMILES string of the molecule is COc1ccccc1NC(=O)C1=C(C)NC(SCC(=O)Nc2cc(C)ccc2C)=C(C#N)[C@H]1c1ccco1. The van der Waals surface area contributed by atoms with E-state index in [0.29, 0.717) is 39.1 Å². The van der Waals surface area contributed by atoms with Gasteiger partial charge in [0.15, 0.2) is 0 Å². The van der Waals surface area contributed by atoms with E-state index in [1.165, 1.54) is 25.1 Å². The summed E-state index contributed by atoms with van der Waals surface area (Å²) in [6, 6.07) is 18.6. The average molecular weight is 529 g/mol. The molecule has 0 spiro atoms. The number of aryl methyl sites for hydroxylation is 2. The molecule has 0 unspecified atom stereocenters. The minimum absolute atomic E-state index is 0.0712. The van der Waals surface area contributed by atoms with Crippen molar-refractivity contribution in [2.24, 2.45) is 0 Å². The second kappa shape index (κ2) is 11.8. The van der Waals surface area contributed by atoms with Gasteiger partial charge in [-0.15, -0.1) is 0 Å². The Morgan fingerprint density at radius 2 is 1.87 bits per heavy atom. The third-order valence-corrected chi connectivity index (χ3v) is 7.11. The molecular weight excluding hydrogens is 500 g/mol. The highest BCUT2D eigenvalue weighted by Gasteiger charge is 2.36. The van der Waals surface area contributed by atoms with Gasteiger partial charge in [0.1, 0.15) is 11.5 Å². The van der Waals surface area contributed by atoms with E-state index >= 15 is 0 Å². The van der Waals surface area contributed by atoms with Crippen molar-refractivity contribution in [2.75, 3.05) is 23.5 Å². The van der Waals surface area contributed by atoms with Crippen LogP contribution in [0, 0.1) is 25.2 Å². The Balaban J connectivity index is 1.60. The number of carbonyl (C=O) groups is 2. The molecule has 1 atom stereocenters. The van der Waals surface area contributed by atoms with Crippen LogP contribution in [0.3, 0.4) is 0 Å². The molecule has 1 aromatic heterocycles. The number of para-hydroxylation sites is 2. The number of anilines is 2. The van der Waals surface area contributed by atoms with Gasteiger partial charge in [-0.25, -0.2) is 0 Å². The van der Waals surface area contributed by atoms with Crippen LogP contribution in [0.2, 0.25) is 0 Å². The van der Waals surface area contributed by atoms with Crippen molar-refractivity contribution in [3.8, 4) is 11.8 Å². The van der Waals surface area contributed by atoms with E-state index < -0.39 is 11.8 Å². The number of allylic oxidation sites excluding steroid dienone is 2. The molecule has 0 saturated carbocycles. The number of ether oxygens (including phenoxy) is 1. The van der Waals surface area contributed by atoms with Crippen molar-refractivity contribution >= 4 is 35.0 Å². The third-order valence-electron chi connectivity index (χ3n) is 6.09. The van der Waals surface area contributed by atoms with E-state index in [-0.39, 0.29) is 11.7 Å². The normalized spacial score (nSPS) is 15.0. The molecule has 0 fully saturated rings. The van der Waals surface area contributed by atoms with Gasteiger partial charge in [-0.3, -0.25) is 9.59 Å². The number of thioether (sulfide) groups is 1. The highest BCUT2D eigenvalue weighted by atomic mass is 32.2. The van der Waals surface area contributed by atoms with Gasteiger partial charge in [0, 0.05) is 11.4 Å². The minimum atomic E-state index is -0.754. The van der Waals surface area contributed by atoms with Crippen LogP contribution >= 0.6 is 11.8 Å². The molecule has 1 aliphatic rings. The van der Waals surface area contributed by atoms with Gasteiger partial charge in [-0.2, -0.15) is 5.26 Å². The Kier molecular flexibility index (Phi) is 8.24. The average Bonchev–Trinajstić information content (AvgIpc) is 3.44. The molecule has 3 aromatic rings. The number of dihydropyridines is 1. The summed E-state index contributed by atoms with van der Waals surface area (Å²) in [7, 11) is 1.53. The molecule has 3 N–H and O–H groups in total. The van der Waals surface area contributed by atoms with Crippen LogP contribution < -0.4 is 20.7 Å². The number of rotatable bonds is 8. The Hall–Kier alpha value is -4.42. The van der Waals surface area contributed by atoms with Gasteiger partial charge in [-0.1, -0.05) is 36.0 Å². The zero-order valence-electron chi connectivity index (χ0n) is 21.5. The van der Waals surface area contributed by atoms with Crippen LogP contribution in [0.25, 0.3) is 0 Å². The second-order valence-electron chi connectivity index (χ2n) is 8.78. The van der Waals surface area contributed by atoms with Gasteiger partial charge >= 0.3 is 0 Å². The lowest BCUT2D eigenvalue weighted by atomic mass is 9.85. The largest absolute Gasteiger partial charge is 0.495 e. The molecular formula is C29H28N4O4S. The van der Waals surface area contributed by atoms with E-state index in [1.807, 2.05) is 38.1 Å². The lowest BCUT2D eigenvalue weighted by molar-refractivity contribution is -0.114. The van der Waals surface area contributed by atoms with Crippen molar-refractivity contribution in [1.29, 1.82) is 5.26 Å². The first kappa shape index (κ1) is 26.6. The molecule has 2 aromatic carbocycles. The monoisotopic (exact) mass is 528 g/mol. The predicted molar refractivity (Wildman–Crippen MR) is 149 cm³/mol. The Labute approximate surface area is 225 Å². The molecule has 0 bridgehead atoms. The quantitative estimate of drug-likeness (QED) is 0.348. The summed E-state index contributed by atoms with van der Waals surface area (Å²) in [6.07, 6.45) is 1.50. The maximum absolute atomic E-state index is 13.5. The number of hydrogen-bond donors (Lipinski definition) is 3. The van der Waals surface area contributed by atoms with E-state index in [9.17, 15) is 14.9 Å². The molecule has 0 aliphatic carbocycles. The smallest absolute Gasteiger partial charge is 0.254 e. The Morgan fingerprint density at radius 3 is 2.58 bits per heavy atom. The summed E-state index contributed by atoms with van der Waals surface area (Å²) in [5.74, 6) is -0.320. The number of carbonyl (C=O) groups excluding carboxylic acids is 2. The minimum Gasteiger partial charge on any atom is -0.495 e. The fourth-order valence-electron chi connectivity index (χ4n) is 4.20. The molecule has 38 heavy (non-hydrogen) atoms. The molecule has 2 amide bonds. The van der Waals surface area contributed by atoms with E-state index in [2.05, 4.69) is 22.0 Å². The van der Waals surface area contributed by atoms with Gasteiger partial charge in [0.25, 0.3) is 5.91 Å². The Bertz CT molecular complexity index is 1470. The number of amides is 2. The van der Waals surface area contributed by atoms with Gasteiger partial charge < -0.3 is 25.1 Å². The number of nitrogens with one attached hydrogen (secondary N) is 3. The van der Waals surface area contributed by atoms with Gasteiger partial charge in [-0.05, 0) is 62.2 Å². The second-order valence-corrected chi connectivity index (χ2v) is 9.76. The van der Waals surface area contributed by atoms with Gasteiger partial charge in [0.05, 0.1) is 53.0 Å². The maximum atomic E-state index is 13.5. The molecule has 0 saturated heterocycles. The highest BCUT2D eigenvalue weighted by molar-refractivity contribution is 8.03. The molecule has 1 aliphatic heterocycles. The lowest BCUT2D eigenvalue weighted by Gasteiger charge is -2.28. The van der Waals surface area contributed by atoms with E-state index in [1.54, 1.807) is 37.3 Å². The van der Waals surface area contributed by atoms with Crippen molar-refractivity contribution < 1.29 is 18.7 Å². The van der Waals surface area contributed by atoms with E-state index in [4.69, 9.17) is 9.15 Å². The highest BCUT2D eigenvalue weighted by Crippen LogP contribution is 2.41. The summed E-state index contributed by atoms with van der Waals surface area (Å²) < 4.78 is 11.0. The van der Waals surface area contributed by atoms with Crippen LogP contribution in [0.4, 0.5) is 11.4 Å². The van der Waals surface area contributed by atoms with Crippen LogP contribution in [0.5, 0.6) is 5.75 Å². The number of nitriles is 1. The summed E-state index contributed by atoms with van der Waals surface area (Å²) in [5, 5.41) is 19.7. The topological polar surface area (TPSA) is 116 Å². The third kappa shape index (κ3) is 5.76. The number of nitrogens with zero attached hydrogens (tertiary/aromatic N) is 1. The van der Waals surface area contributed by atoms with Crippen LogP contribution in [-0.4, -0.2) is 24.7 Å². The predicted octanol–water partition coefficient (Wildman–Crippen LogP) is 5.61.